The number of hydrogen-bond donors (Lipinski definition) is 5. The largest absolute Gasteiger partial charge is 0.507 e. The van der Waals surface area contributed by atoms with Crippen LogP contribution in [0.4, 0.5) is 4.79 Å². The Morgan fingerprint density at radius 3 is 2.54 bits per heavy atom. The van der Waals surface area contributed by atoms with Gasteiger partial charge in [-0.2, -0.15) is 0 Å². The number of aromatic hydroxyl groups is 1. The van der Waals surface area contributed by atoms with Gasteiger partial charge in [-0.05, 0) is 18.1 Å². The van der Waals surface area contributed by atoms with Crippen molar-refractivity contribution in [3.05, 3.63) is 23.3 Å². The molecule has 24 heavy (non-hydrogen) atoms. The van der Waals surface area contributed by atoms with Crippen molar-refractivity contribution >= 4 is 25.0 Å². The predicted octanol–water partition coefficient (Wildman–Crippen LogP) is -1.43. The second kappa shape index (κ2) is 6.77. The highest BCUT2D eigenvalue weighted by Crippen LogP contribution is 2.32. The lowest BCUT2D eigenvalue weighted by Crippen LogP contribution is -2.51. The normalized spacial score (nSPS) is 15.2. The highest BCUT2D eigenvalue weighted by Gasteiger charge is 2.41. The number of urea groups is 1. The number of rotatable bonds is 6. The van der Waals surface area contributed by atoms with Crippen LogP contribution in [0, 0.1) is 0 Å². The van der Waals surface area contributed by atoms with Gasteiger partial charge in [-0.3, -0.25) is 9.69 Å². The fourth-order valence-corrected chi connectivity index (χ4v) is 2.48. The van der Waals surface area contributed by atoms with Crippen LogP contribution in [0.5, 0.6) is 11.5 Å². The number of carbonyl (C=O) groups excluding carboxylic acids is 2. The molecule has 1 aromatic rings. The summed E-state index contributed by atoms with van der Waals surface area (Å²) in [4.78, 5) is 35.3. The number of aromatic carboxylic acids is 1. The van der Waals surface area contributed by atoms with Gasteiger partial charge < -0.3 is 30.3 Å². The topological polar surface area (TPSA) is 157 Å². The number of methoxy groups -OCH3 is 1. The molecule has 0 radical (unpaired) electrons. The number of carbonyl (C=O) groups is 3. The molecule has 1 heterocycles. The van der Waals surface area contributed by atoms with Crippen molar-refractivity contribution in [3.63, 3.8) is 0 Å². The van der Waals surface area contributed by atoms with Crippen LogP contribution in [-0.4, -0.2) is 69.8 Å². The van der Waals surface area contributed by atoms with Crippen LogP contribution in [0.25, 0.3) is 0 Å². The Bertz CT molecular complexity index is 677. The maximum Gasteiger partial charge on any atom is 0.476 e. The number of ether oxygens (including phenoxy) is 1. The van der Waals surface area contributed by atoms with E-state index in [1.807, 2.05) is 0 Å². The average molecular weight is 338 g/mol. The van der Waals surface area contributed by atoms with Gasteiger partial charge in [0, 0.05) is 0 Å². The van der Waals surface area contributed by atoms with Gasteiger partial charge in [0.2, 0.25) is 5.91 Å². The number of imide groups is 1. The first kappa shape index (κ1) is 17.6. The quantitative estimate of drug-likeness (QED) is 0.312. The lowest BCUT2D eigenvalue weighted by molar-refractivity contribution is -0.125. The fraction of sp³-hybridized carbons (Fsp3) is 0.308. The molecule has 2 rings (SSSR count). The number of carboxylic acids is 1. The van der Waals surface area contributed by atoms with Crippen LogP contribution < -0.4 is 10.1 Å². The molecule has 5 N–H and O–H groups in total. The van der Waals surface area contributed by atoms with E-state index in [2.05, 4.69) is 5.32 Å². The van der Waals surface area contributed by atoms with Crippen molar-refractivity contribution in [2.75, 3.05) is 13.7 Å². The summed E-state index contributed by atoms with van der Waals surface area (Å²) in [6, 6.07) is 1.80. The molecule has 1 aliphatic heterocycles. The van der Waals surface area contributed by atoms with E-state index in [9.17, 15) is 34.6 Å². The number of benzene rings is 1. The van der Waals surface area contributed by atoms with E-state index >= 15 is 0 Å². The summed E-state index contributed by atoms with van der Waals surface area (Å²) in [6.07, 6.45) is -0.354. The zero-order valence-corrected chi connectivity index (χ0v) is 12.6. The van der Waals surface area contributed by atoms with Gasteiger partial charge in [0.05, 0.1) is 19.6 Å². The first-order valence-corrected chi connectivity index (χ1v) is 6.86. The predicted molar refractivity (Wildman–Crippen MR) is 79.5 cm³/mol. The minimum atomic E-state index is -2.08. The van der Waals surface area contributed by atoms with Crippen LogP contribution in [-0.2, 0) is 11.2 Å². The molecular formula is C13H15BN2O8. The minimum absolute atomic E-state index is 0.0128. The molecule has 1 atom stereocenters. The first-order chi connectivity index (χ1) is 11.3. The lowest BCUT2D eigenvalue weighted by atomic mass is 9.74. The molecule has 0 saturated carbocycles. The van der Waals surface area contributed by atoms with Crippen molar-refractivity contribution in [2.24, 2.45) is 0 Å². The van der Waals surface area contributed by atoms with E-state index in [0.717, 1.165) is 0 Å². The molecule has 1 aromatic carbocycles. The number of nitrogens with zero attached hydrogens (tertiary/aromatic N) is 1. The van der Waals surface area contributed by atoms with Crippen molar-refractivity contribution in [3.8, 4) is 11.5 Å². The molecule has 0 aliphatic carbocycles. The fourth-order valence-electron chi connectivity index (χ4n) is 2.48. The number of hydrogen-bond acceptors (Lipinski definition) is 7. The summed E-state index contributed by atoms with van der Waals surface area (Å²) >= 11 is 0. The molecule has 0 bridgehead atoms. The Balaban J connectivity index is 2.40. The van der Waals surface area contributed by atoms with Gasteiger partial charge in [-0.1, -0.05) is 6.07 Å². The van der Waals surface area contributed by atoms with Crippen LogP contribution >= 0.6 is 0 Å². The maximum atomic E-state index is 11.7. The molecule has 0 aromatic heterocycles. The average Bonchev–Trinajstić information content (AvgIpc) is 2.84. The molecule has 3 amide bonds. The summed E-state index contributed by atoms with van der Waals surface area (Å²) in [5, 5.41) is 40.6. The minimum Gasteiger partial charge on any atom is -0.507 e. The van der Waals surface area contributed by atoms with Crippen molar-refractivity contribution in [1.82, 2.24) is 10.2 Å². The van der Waals surface area contributed by atoms with Crippen molar-refractivity contribution in [2.45, 2.75) is 12.4 Å². The second-order valence-electron chi connectivity index (χ2n) is 5.06. The van der Waals surface area contributed by atoms with E-state index in [1.54, 1.807) is 0 Å². The second-order valence-corrected chi connectivity index (χ2v) is 5.06. The van der Waals surface area contributed by atoms with Crippen LogP contribution in [0.15, 0.2) is 12.1 Å². The Labute approximate surface area is 136 Å². The number of amides is 3. The molecule has 1 aliphatic rings. The van der Waals surface area contributed by atoms with E-state index in [0.29, 0.717) is 4.90 Å². The Morgan fingerprint density at radius 2 is 2.08 bits per heavy atom. The first-order valence-electron chi connectivity index (χ1n) is 6.86. The Hall–Kier alpha value is -2.79. The summed E-state index contributed by atoms with van der Waals surface area (Å²) in [6.45, 7) is -0.281. The summed E-state index contributed by atoms with van der Waals surface area (Å²) < 4.78 is 4.86. The zero-order chi connectivity index (χ0) is 18.0. The molecule has 10 nitrogen and oxygen atoms in total. The number of nitrogens with one attached hydrogen (secondary N) is 1. The molecule has 1 saturated heterocycles. The Morgan fingerprint density at radius 1 is 1.42 bits per heavy atom. The van der Waals surface area contributed by atoms with Crippen LogP contribution in [0.2, 0.25) is 0 Å². The SMILES string of the molecule is COc1ccc(C[C@@H](B(O)O)N2C(=O)CNC2=O)c(O)c1C(=O)O. The van der Waals surface area contributed by atoms with Crippen molar-refractivity contribution in [1.29, 1.82) is 0 Å². The molecule has 1 fully saturated rings. The summed E-state index contributed by atoms with van der Waals surface area (Å²) in [5.74, 6) is -4.22. The highest BCUT2D eigenvalue weighted by atomic mass is 16.5. The van der Waals surface area contributed by atoms with Gasteiger partial charge in [0.1, 0.15) is 17.1 Å². The van der Waals surface area contributed by atoms with Crippen LogP contribution in [0.3, 0.4) is 0 Å². The molecule has 0 spiro atoms. The standard InChI is InChI=1S/C13H15BN2O8/c1-24-7-3-2-6(11(18)10(7)12(19)20)4-8(14(22)23)16-9(17)5-15-13(16)21/h2-3,8,18,22-23H,4-5H2,1H3,(H,15,21)(H,19,20)/t8-/m0/s1. The lowest BCUT2D eigenvalue weighted by Gasteiger charge is -2.25. The van der Waals surface area contributed by atoms with Gasteiger partial charge in [0.15, 0.2) is 0 Å². The van der Waals surface area contributed by atoms with E-state index in [1.165, 1.54) is 19.2 Å². The third-order valence-corrected chi connectivity index (χ3v) is 3.64. The van der Waals surface area contributed by atoms with E-state index in [-0.39, 0.29) is 24.3 Å². The molecular weight excluding hydrogens is 323 g/mol. The van der Waals surface area contributed by atoms with E-state index < -0.39 is 42.3 Å². The van der Waals surface area contributed by atoms with Gasteiger partial charge in [0.25, 0.3) is 0 Å². The van der Waals surface area contributed by atoms with Crippen LogP contribution in [0.1, 0.15) is 15.9 Å². The zero-order valence-electron chi connectivity index (χ0n) is 12.6. The maximum absolute atomic E-state index is 11.7. The van der Waals surface area contributed by atoms with Gasteiger partial charge in [-0.25, -0.2) is 9.59 Å². The van der Waals surface area contributed by atoms with Crippen molar-refractivity contribution < 1.29 is 39.4 Å². The molecule has 0 unspecified atom stereocenters. The third-order valence-electron chi connectivity index (χ3n) is 3.64. The van der Waals surface area contributed by atoms with E-state index in [4.69, 9.17) is 4.74 Å². The monoisotopic (exact) mass is 338 g/mol. The summed E-state index contributed by atoms with van der Waals surface area (Å²) in [5.41, 5.74) is -0.489. The highest BCUT2D eigenvalue weighted by molar-refractivity contribution is 6.44. The molecule has 11 heteroatoms. The Kier molecular flexibility index (Phi) is 4.95. The molecule has 128 valence electrons. The number of phenols is 1. The number of carboxylic acid groups (broad SMARTS) is 1. The third kappa shape index (κ3) is 3.12. The van der Waals surface area contributed by atoms with Gasteiger partial charge in [-0.15, -0.1) is 0 Å². The summed E-state index contributed by atoms with van der Waals surface area (Å²) in [7, 11) is -0.846. The smallest absolute Gasteiger partial charge is 0.476 e. The van der Waals surface area contributed by atoms with Gasteiger partial charge >= 0.3 is 19.1 Å².